The normalized spacial score (nSPS) is 18.4. The number of aryl methyl sites for hydroxylation is 1. The van der Waals surface area contributed by atoms with Crippen molar-refractivity contribution in [1.82, 2.24) is 5.32 Å². The highest BCUT2D eigenvalue weighted by Crippen LogP contribution is 2.46. The van der Waals surface area contributed by atoms with E-state index in [9.17, 15) is 9.59 Å². The molecule has 0 saturated carbocycles. The third-order valence-corrected chi connectivity index (χ3v) is 8.03. The van der Waals surface area contributed by atoms with Crippen molar-refractivity contribution in [2.24, 2.45) is 0 Å². The molecular formula is C34H36N2O5. The lowest BCUT2D eigenvalue weighted by Gasteiger charge is -2.37. The summed E-state index contributed by atoms with van der Waals surface area (Å²) < 4.78 is 16.4. The van der Waals surface area contributed by atoms with Crippen molar-refractivity contribution in [3.8, 4) is 17.2 Å². The van der Waals surface area contributed by atoms with Crippen LogP contribution in [0, 0.1) is 0 Å². The topological polar surface area (TPSA) is 85.9 Å². The van der Waals surface area contributed by atoms with Crippen molar-refractivity contribution in [1.29, 1.82) is 0 Å². The zero-order chi connectivity index (χ0) is 29.1. The number of Topliss-reactive ketones (excluding diaryl/α,β-unsaturated/α-hetero) is 1. The van der Waals surface area contributed by atoms with E-state index >= 15 is 0 Å². The van der Waals surface area contributed by atoms with E-state index in [2.05, 4.69) is 29.7 Å². The maximum atomic E-state index is 14.0. The first-order valence-electron chi connectivity index (χ1n) is 13.9. The Morgan fingerprint density at radius 1 is 0.878 bits per heavy atom. The first-order chi connectivity index (χ1) is 19.9. The summed E-state index contributed by atoms with van der Waals surface area (Å²) in [6.45, 7) is 4.01. The Balaban J connectivity index is 1.55. The summed E-state index contributed by atoms with van der Waals surface area (Å²) in [5, 5.41) is 6.49. The van der Waals surface area contributed by atoms with Crippen LogP contribution in [0.25, 0.3) is 0 Å². The number of benzene rings is 3. The number of methoxy groups -OCH3 is 3. The molecule has 5 rings (SSSR count). The van der Waals surface area contributed by atoms with Crippen molar-refractivity contribution in [2.75, 3.05) is 26.6 Å². The molecule has 0 aromatic heterocycles. The van der Waals surface area contributed by atoms with Crippen LogP contribution in [0.2, 0.25) is 0 Å². The Hall–Kier alpha value is -4.52. The molecule has 0 unspecified atom stereocenters. The summed E-state index contributed by atoms with van der Waals surface area (Å²) >= 11 is 0. The number of hydrogen-bond donors (Lipinski definition) is 2. The van der Waals surface area contributed by atoms with Crippen molar-refractivity contribution < 1.29 is 23.8 Å². The second-order valence-electron chi connectivity index (χ2n) is 10.4. The molecule has 1 aliphatic heterocycles. The molecule has 3 aromatic carbocycles. The van der Waals surface area contributed by atoms with Crippen LogP contribution in [-0.4, -0.2) is 33.0 Å². The summed E-state index contributed by atoms with van der Waals surface area (Å²) in [6.07, 6.45) is 1.88. The van der Waals surface area contributed by atoms with E-state index in [1.54, 1.807) is 33.5 Å². The molecule has 0 bridgehead atoms. The Morgan fingerprint density at radius 3 is 2.24 bits per heavy atom. The first-order valence-corrected chi connectivity index (χ1v) is 13.9. The van der Waals surface area contributed by atoms with Gasteiger partial charge in [0.1, 0.15) is 5.75 Å². The summed E-state index contributed by atoms with van der Waals surface area (Å²) in [5.74, 6) is 1.07. The van der Waals surface area contributed by atoms with Crippen LogP contribution in [0.1, 0.15) is 55.2 Å². The van der Waals surface area contributed by atoms with Crippen LogP contribution in [0.5, 0.6) is 17.2 Å². The zero-order valence-corrected chi connectivity index (χ0v) is 24.2. The number of carbonyl (C=O) groups excluding carboxylic acids is 2. The largest absolute Gasteiger partial charge is 0.495 e. The maximum Gasteiger partial charge on any atom is 0.254 e. The maximum absolute atomic E-state index is 14.0. The molecule has 1 amide bonds. The number of dihydropyridines is 1. The molecule has 212 valence electrons. The second-order valence-corrected chi connectivity index (χ2v) is 10.4. The van der Waals surface area contributed by atoms with Gasteiger partial charge in [0.15, 0.2) is 17.3 Å². The fraction of sp³-hybridized carbons (Fsp3) is 0.294. The minimum absolute atomic E-state index is 0.0261. The molecule has 3 aromatic rings. The van der Waals surface area contributed by atoms with Gasteiger partial charge in [-0.2, -0.15) is 0 Å². The van der Waals surface area contributed by atoms with E-state index in [1.165, 1.54) is 5.56 Å². The second kappa shape index (κ2) is 11.9. The summed E-state index contributed by atoms with van der Waals surface area (Å²) in [4.78, 5) is 27.9. The zero-order valence-electron chi connectivity index (χ0n) is 24.2. The lowest BCUT2D eigenvalue weighted by atomic mass is 9.71. The molecule has 7 heteroatoms. The van der Waals surface area contributed by atoms with Gasteiger partial charge >= 0.3 is 0 Å². The standard InChI is InChI=1S/C34H36N2O5/c1-6-21-11-13-22(14-12-21)32-31(34(38)36-25-9-7-8-10-28(25)39-3)20(2)35-26-17-24(18-27(37)33(26)32)23-15-16-29(40-4)30(19-23)41-5/h7-16,19,24,32,35H,6,17-18H2,1-5H3,(H,36,38)/t24-,32+/m0/s1. The van der Waals surface area contributed by atoms with Gasteiger partial charge in [0.05, 0.1) is 27.0 Å². The average Bonchev–Trinajstić information content (AvgIpc) is 3.00. The molecular weight excluding hydrogens is 516 g/mol. The van der Waals surface area contributed by atoms with E-state index in [4.69, 9.17) is 14.2 Å². The van der Waals surface area contributed by atoms with E-state index in [-0.39, 0.29) is 17.6 Å². The number of rotatable bonds is 8. The van der Waals surface area contributed by atoms with Crippen molar-refractivity contribution >= 4 is 17.4 Å². The van der Waals surface area contributed by atoms with E-state index in [0.717, 1.165) is 28.9 Å². The molecule has 41 heavy (non-hydrogen) atoms. The fourth-order valence-electron chi connectivity index (χ4n) is 5.90. The number of nitrogens with one attached hydrogen (secondary N) is 2. The number of ether oxygens (including phenoxy) is 3. The smallest absolute Gasteiger partial charge is 0.254 e. The monoisotopic (exact) mass is 552 g/mol. The third-order valence-electron chi connectivity index (χ3n) is 8.03. The Labute approximate surface area is 241 Å². The average molecular weight is 553 g/mol. The highest BCUT2D eigenvalue weighted by atomic mass is 16.5. The fourth-order valence-corrected chi connectivity index (χ4v) is 5.90. The molecule has 0 spiro atoms. The number of para-hydroxylation sites is 2. The third kappa shape index (κ3) is 5.44. The predicted octanol–water partition coefficient (Wildman–Crippen LogP) is 6.28. The van der Waals surface area contributed by atoms with Crippen molar-refractivity contribution in [3.63, 3.8) is 0 Å². The predicted molar refractivity (Wildman–Crippen MR) is 160 cm³/mol. The van der Waals surface area contributed by atoms with Gasteiger partial charge < -0.3 is 24.8 Å². The Kier molecular flexibility index (Phi) is 8.15. The number of anilines is 1. The summed E-state index contributed by atoms with van der Waals surface area (Å²) in [5.41, 5.74) is 6.45. The molecule has 2 N–H and O–H groups in total. The van der Waals surface area contributed by atoms with Gasteiger partial charge in [-0.1, -0.05) is 49.4 Å². The molecule has 0 saturated heterocycles. The number of allylic oxidation sites excluding steroid dienone is 3. The van der Waals surface area contributed by atoms with Crippen LogP contribution in [0.3, 0.4) is 0 Å². The van der Waals surface area contributed by atoms with Gasteiger partial charge in [-0.3, -0.25) is 9.59 Å². The van der Waals surface area contributed by atoms with Crippen LogP contribution in [-0.2, 0) is 16.0 Å². The van der Waals surface area contributed by atoms with Gasteiger partial charge in [0, 0.05) is 34.9 Å². The highest BCUT2D eigenvalue weighted by Gasteiger charge is 2.41. The highest BCUT2D eigenvalue weighted by molar-refractivity contribution is 6.10. The minimum Gasteiger partial charge on any atom is -0.495 e. The Bertz CT molecular complexity index is 1540. The molecule has 2 aliphatic rings. The number of carbonyl (C=O) groups is 2. The van der Waals surface area contributed by atoms with Gasteiger partial charge in [-0.05, 0) is 66.6 Å². The quantitative estimate of drug-likeness (QED) is 0.342. The van der Waals surface area contributed by atoms with Crippen LogP contribution >= 0.6 is 0 Å². The van der Waals surface area contributed by atoms with Crippen molar-refractivity contribution in [3.05, 3.63) is 106 Å². The molecule has 0 fully saturated rings. The van der Waals surface area contributed by atoms with Gasteiger partial charge in [0.2, 0.25) is 0 Å². The van der Waals surface area contributed by atoms with Crippen LogP contribution in [0.4, 0.5) is 5.69 Å². The lowest BCUT2D eigenvalue weighted by molar-refractivity contribution is -0.116. The molecule has 0 radical (unpaired) electrons. The van der Waals surface area contributed by atoms with E-state index in [0.29, 0.717) is 46.9 Å². The SMILES string of the molecule is CCc1ccc([C@@H]2C(C(=O)Nc3ccccc3OC)=C(C)NC3=C2C(=O)C[C@@H](c2ccc(OC)c(OC)c2)C3)cc1. The first kappa shape index (κ1) is 28.0. The summed E-state index contributed by atoms with van der Waals surface area (Å²) in [6, 6.07) is 21.3. The van der Waals surface area contributed by atoms with Gasteiger partial charge in [0.25, 0.3) is 5.91 Å². The van der Waals surface area contributed by atoms with Gasteiger partial charge in [-0.25, -0.2) is 0 Å². The van der Waals surface area contributed by atoms with Gasteiger partial charge in [-0.15, -0.1) is 0 Å². The molecule has 2 atom stereocenters. The number of ketones is 1. The Morgan fingerprint density at radius 2 is 1.56 bits per heavy atom. The lowest BCUT2D eigenvalue weighted by Crippen LogP contribution is -2.37. The van der Waals surface area contributed by atoms with Crippen LogP contribution < -0.4 is 24.8 Å². The molecule has 7 nitrogen and oxygen atoms in total. The minimum atomic E-state index is -0.495. The number of hydrogen-bond acceptors (Lipinski definition) is 6. The van der Waals surface area contributed by atoms with Crippen molar-refractivity contribution in [2.45, 2.75) is 44.9 Å². The van der Waals surface area contributed by atoms with E-state index in [1.807, 2.05) is 49.4 Å². The summed E-state index contributed by atoms with van der Waals surface area (Å²) in [7, 11) is 4.79. The van der Waals surface area contributed by atoms with Crippen LogP contribution in [0.15, 0.2) is 89.3 Å². The molecule has 1 heterocycles. The molecule has 1 aliphatic carbocycles. The number of amides is 1. The van der Waals surface area contributed by atoms with E-state index < -0.39 is 5.92 Å².